The molecule has 2 N–H and O–H groups in total. The smallest absolute Gasteiger partial charge is 0.306 e. The quantitative estimate of drug-likeness (QED) is 0.577. The van der Waals surface area contributed by atoms with Crippen LogP contribution in [0.3, 0.4) is 0 Å². The maximum absolute atomic E-state index is 11.6. The van der Waals surface area contributed by atoms with Gasteiger partial charge >= 0.3 is 5.97 Å². The van der Waals surface area contributed by atoms with Crippen molar-refractivity contribution < 1.29 is 9.53 Å². The van der Waals surface area contributed by atoms with Crippen LogP contribution in [0.15, 0.2) is 24.3 Å². The van der Waals surface area contributed by atoms with Gasteiger partial charge in [-0.1, -0.05) is 26.0 Å². The topological polar surface area (TPSA) is 55.6 Å². The minimum absolute atomic E-state index is 0.135. The van der Waals surface area contributed by atoms with E-state index < -0.39 is 0 Å². The SMILES string of the molecule is CCN(CC)CCOC(=O)CCc1ccc(N)cc1. The van der Waals surface area contributed by atoms with Crippen LogP contribution in [-0.4, -0.2) is 37.1 Å². The lowest BCUT2D eigenvalue weighted by Gasteiger charge is -2.17. The van der Waals surface area contributed by atoms with Crippen LogP contribution >= 0.6 is 0 Å². The van der Waals surface area contributed by atoms with Crippen LogP contribution in [0.5, 0.6) is 0 Å². The molecule has 0 heterocycles. The summed E-state index contributed by atoms with van der Waals surface area (Å²) in [5, 5.41) is 0. The molecule has 0 aliphatic rings. The van der Waals surface area contributed by atoms with Crippen LogP contribution in [0, 0.1) is 0 Å². The maximum atomic E-state index is 11.6. The van der Waals surface area contributed by atoms with E-state index in [4.69, 9.17) is 10.5 Å². The lowest BCUT2D eigenvalue weighted by atomic mass is 10.1. The van der Waals surface area contributed by atoms with Crippen molar-refractivity contribution in [2.75, 3.05) is 32.0 Å². The van der Waals surface area contributed by atoms with E-state index >= 15 is 0 Å². The molecular weight excluding hydrogens is 240 g/mol. The fourth-order valence-corrected chi connectivity index (χ4v) is 1.83. The van der Waals surface area contributed by atoms with E-state index in [9.17, 15) is 4.79 Å². The minimum Gasteiger partial charge on any atom is -0.464 e. The highest BCUT2D eigenvalue weighted by atomic mass is 16.5. The number of aryl methyl sites for hydroxylation is 1. The molecule has 4 heteroatoms. The van der Waals surface area contributed by atoms with Gasteiger partial charge in [-0.05, 0) is 37.2 Å². The van der Waals surface area contributed by atoms with Crippen LogP contribution in [-0.2, 0) is 16.0 Å². The summed E-state index contributed by atoms with van der Waals surface area (Å²) in [7, 11) is 0. The number of nitrogens with zero attached hydrogens (tertiary/aromatic N) is 1. The second-order valence-corrected chi connectivity index (χ2v) is 4.49. The first-order valence-corrected chi connectivity index (χ1v) is 6.88. The summed E-state index contributed by atoms with van der Waals surface area (Å²) in [5.41, 5.74) is 7.45. The number of hydrogen-bond donors (Lipinski definition) is 1. The first-order chi connectivity index (χ1) is 9.15. The summed E-state index contributed by atoms with van der Waals surface area (Å²) >= 11 is 0. The van der Waals surface area contributed by atoms with Gasteiger partial charge in [0.2, 0.25) is 0 Å². The molecule has 19 heavy (non-hydrogen) atoms. The predicted molar refractivity (Wildman–Crippen MR) is 77.9 cm³/mol. The van der Waals surface area contributed by atoms with E-state index in [-0.39, 0.29) is 5.97 Å². The normalized spacial score (nSPS) is 10.7. The summed E-state index contributed by atoms with van der Waals surface area (Å²) in [6.07, 6.45) is 1.12. The number of ether oxygens (including phenoxy) is 1. The Balaban J connectivity index is 2.19. The van der Waals surface area contributed by atoms with Crippen molar-refractivity contribution >= 4 is 11.7 Å². The Morgan fingerprint density at radius 2 is 1.84 bits per heavy atom. The van der Waals surface area contributed by atoms with Crippen molar-refractivity contribution in [3.8, 4) is 0 Å². The van der Waals surface area contributed by atoms with Gasteiger partial charge in [0.25, 0.3) is 0 Å². The van der Waals surface area contributed by atoms with Crippen molar-refractivity contribution in [2.45, 2.75) is 26.7 Å². The summed E-state index contributed by atoms with van der Waals surface area (Å²) < 4.78 is 5.22. The average Bonchev–Trinajstić information content (AvgIpc) is 2.43. The molecule has 0 spiro atoms. The standard InChI is InChI=1S/C15H24N2O2/c1-3-17(4-2)11-12-19-15(18)10-7-13-5-8-14(16)9-6-13/h5-6,8-9H,3-4,7,10-12,16H2,1-2H3. The molecule has 0 amide bonds. The van der Waals surface area contributed by atoms with E-state index in [2.05, 4.69) is 18.7 Å². The fourth-order valence-electron chi connectivity index (χ4n) is 1.83. The number of anilines is 1. The van der Waals surface area contributed by atoms with Gasteiger partial charge in [0.1, 0.15) is 6.61 Å². The first-order valence-electron chi connectivity index (χ1n) is 6.88. The highest BCUT2D eigenvalue weighted by Crippen LogP contribution is 2.08. The summed E-state index contributed by atoms with van der Waals surface area (Å²) in [6, 6.07) is 7.58. The summed E-state index contributed by atoms with van der Waals surface area (Å²) in [4.78, 5) is 13.8. The highest BCUT2D eigenvalue weighted by molar-refractivity contribution is 5.69. The van der Waals surface area contributed by atoms with Gasteiger partial charge in [-0.25, -0.2) is 0 Å². The number of nitrogens with two attached hydrogens (primary N) is 1. The van der Waals surface area contributed by atoms with Gasteiger partial charge < -0.3 is 15.4 Å². The molecule has 1 rings (SSSR count). The number of carbonyl (C=O) groups is 1. The third-order valence-electron chi connectivity index (χ3n) is 3.16. The number of esters is 1. The Morgan fingerprint density at radius 1 is 1.21 bits per heavy atom. The zero-order valence-electron chi connectivity index (χ0n) is 11.9. The lowest BCUT2D eigenvalue weighted by Crippen LogP contribution is -2.27. The van der Waals surface area contributed by atoms with E-state index in [1.165, 1.54) is 0 Å². The lowest BCUT2D eigenvalue weighted by molar-refractivity contribution is -0.144. The second kappa shape index (κ2) is 8.53. The first kappa shape index (κ1) is 15.5. The van der Waals surface area contributed by atoms with E-state index in [0.717, 1.165) is 30.9 Å². The number of hydrogen-bond acceptors (Lipinski definition) is 4. The molecule has 0 saturated heterocycles. The van der Waals surface area contributed by atoms with Crippen molar-refractivity contribution in [1.82, 2.24) is 4.90 Å². The zero-order valence-corrected chi connectivity index (χ0v) is 11.9. The molecule has 0 saturated carbocycles. The van der Waals surface area contributed by atoms with Crippen molar-refractivity contribution in [2.24, 2.45) is 0 Å². The molecule has 1 aromatic rings. The minimum atomic E-state index is -0.135. The van der Waals surface area contributed by atoms with E-state index in [0.29, 0.717) is 19.4 Å². The number of benzene rings is 1. The van der Waals surface area contributed by atoms with Crippen molar-refractivity contribution in [3.05, 3.63) is 29.8 Å². The van der Waals surface area contributed by atoms with Gasteiger partial charge in [0.15, 0.2) is 0 Å². The molecule has 4 nitrogen and oxygen atoms in total. The van der Waals surface area contributed by atoms with E-state index in [1.807, 2.05) is 24.3 Å². The number of carbonyl (C=O) groups excluding carboxylic acids is 1. The van der Waals surface area contributed by atoms with Crippen molar-refractivity contribution in [1.29, 1.82) is 0 Å². The third kappa shape index (κ3) is 6.25. The average molecular weight is 264 g/mol. The Morgan fingerprint density at radius 3 is 2.42 bits per heavy atom. The van der Waals surface area contributed by atoms with Crippen molar-refractivity contribution in [3.63, 3.8) is 0 Å². The van der Waals surface area contributed by atoms with Crippen LogP contribution in [0.4, 0.5) is 5.69 Å². The Bertz CT molecular complexity index is 372. The predicted octanol–water partition coefficient (Wildman–Crippen LogP) is 2.09. The number of likely N-dealkylation sites (N-methyl/N-ethyl adjacent to an activating group) is 1. The molecule has 0 unspecified atom stereocenters. The Hall–Kier alpha value is -1.55. The maximum Gasteiger partial charge on any atom is 0.306 e. The van der Waals surface area contributed by atoms with Crippen LogP contribution in [0.2, 0.25) is 0 Å². The van der Waals surface area contributed by atoms with Gasteiger partial charge in [0, 0.05) is 18.7 Å². The molecule has 0 atom stereocenters. The second-order valence-electron chi connectivity index (χ2n) is 4.49. The molecule has 0 aliphatic carbocycles. The molecule has 0 bridgehead atoms. The molecule has 106 valence electrons. The molecular formula is C15H24N2O2. The molecule has 1 aromatic carbocycles. The Labute approximate surface area is 115 Å². The van der Waals surface area contributed by atoms with Crippen LogP contribution < -0.4 is 5.73 Å². The zero-order chi connectivity index (χ0) is 14.1. The molecule has 0 aliphatic heterocycles. The molecule has 0 fully saturated rings. The van der Waals surface area contributed by atoms with Crippen LogP contribution in [0.1, 0.15) is 25.8 Å². The molecule has 0 aromatic heterocycles. The van der Waals surface area contributed by atoms with Crippen LogP contribution in [0.25, 0.3) is 0 Å². The van der Waals surface area contributed by atoms with Gasteiger partial charge in [0.05, 0.1) is 0 Å². The number of rotatable bonds is 8. The highest BCUT2D eigenvalue weighted by Gasteiger charge is 2.05. The Kier molecular flexibility index (Phi) is 6.97. The van der Waals surface area contributed by atoms with Gasteiger partial charge in [-0.2, -0.15) is 0 Å². The summed E-state index contributed by atoms with van der Waals surface area (Å²) in [5.74, 6) is -0.135. The number of nitrogen functional groups attached to an aromatic ring is 1. The summed E-state index contributed by atoms with van der Waals surface area (Å²) in [6.45, 7) is 7.46. The van der Waals surface area contributed by atoms with Gasteiger partial charge in [-0.3, -0.25) is 4.79 Å². The fraction of sp³-hybridized carbons (Fsp3) is 0.533. The van der Waals surface area contributed by atoms with Gasteiger partial charge in [-0.15, -0.1) is 0 Å². The van der Waals surface area contributed by atoms with E-state index in [1.54, 1.807) is 0 Å². The third-order valence-corrected chi connectivity index (χ3v) is 3.16. The largest absolute Gasteiger partial charge is 0.464 e. The molecule has 0 radical (unpaired) electrons. The monoisotopic (exact) mass is 264 g/mol.